The van der Waals surface area contributed by atoms with E-state index < -0.39 is 0 Å². The van der Waals surface area contributed by atoms with Crippen LogP contribution in [0.1, 0.15) is 25.8 Å². The Morgan fingerprint density at radius 1 is 1.47 bits per heavy atom. The van der Waals surface area contributed by atoms with Crippen LogP contribution in [0.4, 0.5) is 5.82 Å². The molecular formula is C14H18N4O. The third-order valence-electron chi connectivity index (χ3n) is 3.61. The van der Waals surface area contributed by atoms with E-state index in [2.05, 4.69) is 14.5 Å². The highest BCUT2D eigenvalue weighted by Gasteiger charge is 2.32. The van der Waals surface area contributed by atoms with Crippen LogP contribution in [0.15, 0.2) is 30.9 Å². The standard InChI is InChI=1S/C14H18N4O/c1-2-19-12-6-11(7-12)18-9-16-8-13(18)10-3-4-17-14(15)5-10/h3-5,8-9,11-12H,2,6-7H2,1H3,(H2,15,17). The zero-order valence-corrected chi connectivity index (χ0v) is 11.0. The predicted octanol–water partition coefficient (Wildman–Crippen LogP) is 2.27. The summed E-state index contributed by atoms with van der Waals surface area (Å²) in [5.74, 6) is 0.533. The first-order valence-corrected chi connectivity index (χ1v) is 6.63. The van der Waals surface area contributed by atoms with Crippen molar-refractivity contribution >= 4 is 5.82 Å². The van der Waals surface area contributed by atoms with Gasteiger partial charge in [-0.05, 0) is 31.9 Å². The average molecular weight is 258 g/mol. The summed E-state index contributed by atoms with van der Waals surface area (Å²) in [6, 6.07) is 4.32. The van der Waals surface area contributed by atoms with E-state index in [1.807, 2.05) is 31.6 Å². The zero-order valence-electron chi connectivity index (χ0n) is 11.0. The van der Waals surface area contributed by atoms with E-state index in [1.165, 1.54) is 0 Å². The topological polar surface area (TPSA) is 66.0 Å². The maximum atomic E-state index is 5.74. The average Bonchev–Trinajstić information content (AvgIpc) is 2.82. The number of imidazole rings is 1. The van der Waals surface area contributed by atoms with Gasteiger partial charge in [0, 0.05) is 24.4 Å². The van der Waals surface area contributed by atoms with Crippen molar-refractivity contribution in [2.45, 2.75) is 31.9 Å². The minimum Gasteiger partial charge on any atom is -0.384 e. The Morgan fingerprint density at radius 2 is 2.32 bits per heavy atom. The molecule has 0 bridgehead atoms. The molecule has 100 valence electrons. The van der Waals surface area contributed by atoms with Crippen LogP contribution < -0.4 is 5.73 Å². The number of hydrogen-bond acceptors (Lipinski definition) is 4. The van der Waals surface area contributed by atoms with Gasteiger partial charge in [-0.15, -0.1) is 0 Å². The van der Waals surface area contributed by atoms with Gasteiger partial charge in [0.1, 0.15) is 5.82 Å². The Balaban J connectivity index is 1.80. The number of aromatic nitrogens is 3. The first-order chi connectivity index (χ1) is 9.28. The van der Waals surface area contributed by atoms with Gasteiger partial charge < -0.3 is 15.0 Å². The summed E-state index contributed by atoms with van der Waals surface area (Å²) >= 11 is 0. The molecule has 1 aliphatic rings. The normalized spacial score (nSPS) is 22.2. The fourth-order valence-corrected chi connectivity index (χ4v) is 2.56. The van der Waals surface area contributed by atoms with Crippen LogP contribution in [0.2, 0.25) is 0 Å². The van der Waals surface area contributed by atoms with E-state index in [4.69, 9.17) is 10.5 Å². The molecular weight excluding hydrogens is 240 g/mol. The molecule has 5 nitrogen and oxygen atoms in total. The van der Waals surface area contributed by atoms with Gasteiger partial charge in [0.15, 0.2) is 0 Å². The van der Waals surface area contributed by atoms with Crippen LogP contribution in [-0.4, -0.2) is 27.2 Å². The van der Waals surface area contributed by atoms with Crippen molar-refractivity contribution < 1.29 is 4.74 Å². The molecule has 2 heterocycles. The number of pyridine rings is 1. The first kappa shape index (κ1) is 12.2. The molecule has 1 saturated carbocycles. The third kappa shape index (κ3) is 2.33. The first-order valence-electron chi connectivity index (χ1n) is 6.63. The van der Waals surface area contributed by atoms with E-state index in [1.54, 1.807) is 6.20 Å². The summed E-state index contributed by atoms with van der Waals surface area (Å²) in [7, 11) is 0. The maximum absolute atomic E-state index is 5.74. The van der Waals surface area contributed by atoms with Crippen molar-refractivity contribution in [3.63, 3.8) is 0 Å². The number of hydrogen-bond donors (Lipinski definition) is 1. The lowest BCUT2D eigenvalue weighted by atomic mass is 9.88. The largest absolute Gasteiger partial charge is 0.384 e. The smallest absolute Gasteiger partial charge is 0.123 e. The van der Waals surface area contributed by atoms with Crippen LogP contribution in [0.25, 0.3) is 11.3 Å². The van der Waals surface area contributed by atoms with Crippen LogP contribution in [0, 0.1) is 0 Å². The fraction of sp³-hybridized carbons (Fsp3) is 0.429. The molecule has 1 aliphatic carbocycles. The number of nitrogens with two attached hydrogens (primary N) is 1. The second kappa shape index (κ2) is 5.01. The van der Waals surface area contributed by atoms with Crippen LogP contribution in [0.5, 0.6) is 0 Å². The zero-order chi connectivity index (χ0) is 13.2. The molecule has 1 fully saturated rings. The van der Waals surface area contributed by atoms with Crippen molar-refractivity contribution in [1.29, 1.82) is 0 Å². The Hall–Kier alpha value is -1.88. The maximum Gasteiger partial charge on any atom is 0.123 e. The lowest BCUT2D eigenvalue weighted by Gasteiger charge is -2.36. The third-order valence-corrected chi connectivity index (χ3v) is 3.61. The van der Waals surface area contributed by atoms with Crippen LogP contribution >= 0.6 is 0 Å². The summed E-state index contributed by atoms with van der Waals surface area (Å²) < 4.78 is 7.82. The summed E-state index contributed by atoms with van der Waals surface area (Å²) in [6.07, 6.45) is 8.00. The molecule has 2 aromatic heterocycles. The van der Waals surface area contributed by atoms with Crippen LogP contribution in [-0.2, 0) is 4.74 Å². The highest BCUT2D eigenvalue weighted by Crippen LogP contribution is 2.37. The summed E-state index contributed by atoms with van der Waals surface area (Å²) in [5, 5.41) is 0. The molecule has 2 aromatic rings. The van der Waals surface area contributed by atoms with Crippen LogP contribution in [0.3, 0.4) is 0 Å². The van der Waals surface area contributed by atoms with E-state index in [-0.39, 0.29) is 0 Å². The lowest BCUT2D eigenvalue weighted by Crippen LogP contribution is -2.33. The van der Waals surface area contributed by atoms with E-state index in [0.29, 0.717) is 18.0 Å². The van der Waals surface area contributed by atoms with Gasteiger partial charge >= 0.3 is 0 Å². The molecule has 0 unspecified atom stereocenters. The molecule has 0 amide bonds. The molecule has 3 rings (SSSR count). The lowest BCUT2D eigenvalue weighted by molar-refractivity contribution is -0.0193. The van der Waals surface area contributed by atoms with Gasteiger partial charge in [0.05, 0.1) is 24.3 Å². The molecule has 0 aliphatic heterocycles. The molecule has 0 aromatic carbocycles. The quantitative estimate of drug-likeness (QED) is 0.913. The SMILES string of the molecule is CCOC1CC(n2cncc2-c2ccnc(N)c2)C1. The number of nitrogens with zero attached hydrogens (tertiary/aromatic N) is 3. The Kier molecular flexibility index (Phi) is 3.21. The molecule has 0 spiro atoms. The summed E-state index contributed by atoms with van der Waals surface area (Å²) in [6.45, 7) is 2.82. The summed E-state index contributed by atoms with van der Waals surface area (Å²) in [5.41, 5.74) is 7.89. The number of ether oxygens (including phenoxy) is 1. The Labute approximate surface area is 112 Å². The van der Waals surface area contributed by atoms with Crippen molar-refractivity contribution in [3.8, 4) is 11.3 Å². The van der Waals surface area contributed by atoms with Gasteiger partial charge in [-0.2, -0.15) is 0 Å². The summed E-state index contributed by atoms with van der Waals surface area (Å²) in [4.78, 5) is 8.29. The molecule has 0 atom stereocenters. The Bertz CT molecular complexity index is 560. The Morgan fingerprint density at radius 3 is 3.05 bits per heavy atom. The van der Waals surface area contributed by atoms with Gasteiger partial charge in [0.25, 0.3) is 0 Å². The highest BCUT2D eigenvalue weighted by molar-refractivity contribution is 5.61. The number of nitrogen functional groups attached to an aromatic ring is 1. The van der Waals surface area contributed by atoms with Gasteiger partial charge in [-0.1, -0.05) is 0 Å². The van der Waals surface area contributed by atoms with E-state index in [9.17, 15) is 0 Å². The predicted molar refractivity (Wildman–Crippen MR) is 73.6 cm³/mol. The molecule has 0 saturated heterocycles. The second-order valence-corrected chi connectivity index (χ2v) is 4.86. The van der Waals surface area contributed by atoms with Gasteiger partial charge in [0.2, 0.25) is 0 Å². The van der Waals surface area contributed by atoms with Crippen molar-refractivity contribution in [3.05, 3.63) is 30.9 Å². The van der Waals surface area contributed by atoms with Crippen molar-refractivity contribution in [2.24, 2.45) is 0 Å². The highest BCUT2D eigenvalue weighted by atomic mass is 16.5. The minimum atomic E-state index is 0.396. The van der Waals surface area contributed by atoms with Gasteiger partial charge in [-0.3, -0.25) is 0 Å². The monoisotopic (exact) mass is 258 g/mol. The van der Waals surface area contributed by atoms with Gasteiger partial charge in [-0.25, -0.2) is 9.97 Å². The number of rotatable bonds is 4. The second-order valence-electron chi connectivity index (χ2n) is 4.86. The van der Waals surface area contributed by atoms with Crippen molar-refractivity contribution in [2.75, 3.05) is 12.3 Å². The van der Waals surface area contributed by atoms with E-state index >= 15 is 0 Å². The fourth-order valence-electron chi connectivity index (χ4n) is 2.56. The molecule has 0 radical (unpaired) electrons. The van der Waals surface area contributed by atoms with E-state index in [0.717, 1.165) is 30.7 Å². The molecule has 5 heteroatoms. The number of anilines is 1. The molecule has 2 N–H and O–H groups in total. The molecule has 19 heavy (non-hydrogen) atoms. The minimum absolute atomic E-state index is 0.396. The van der Waals surface area contributed by atoms with Crippen molar-refractivity contribution in [1.82, 2.24) is 14.5 Å².